The average Bonchev–Trinajstić information content (AvgIpc) is 2.94. The van der Waals surface area contributed by atoms with Crippen LogP contribution in [0.5, 0.6) is 11.5 Å². The van der Waals surface area contributed by atoms with Crippen molar-refractivity contribution in [2.75, 3.05) is 17.9 Å². The summed E-state index contributed by atoms with van der Waals surface area (Å²) in [5.74, 6) is 1.01. The van der Waals surface area contributed by atoms with Crippen LogP contribution in [0.3, 0.4) is 0 Å². The van der Waals surface area contributed by atoms with Gasteiger partial charge in [-0.2, -0.15) is 0 Å². The first-order chi connectivity index (χ1) is 13.5. The zero-order valence-corrected chi connectivity index (χ0v) is 17.5. The third-order valence-electron chi connectivity index (χ3n) is 3.94. The van der Waals surface area contributed by atoms with Gasteiger partial charge in [-0.05, 0) is 43.3 Å². The number of aryl methyl sites for hydroxylation is 1. The molecule has 28 heavy (non-hydrogen) atoms. The number of fused-ring (bicyclic) bond motifs is 1. The highest BCUT2D eigenvalue weighted by atomic mass is 32.2. The summed E-state index contributed by atoms with van der Waals surface area (Å²) in [6.45, 7) is 3.02. The Hall–Kier alpha value is -2.23. The highest BCUT2D eigenvalue weighted by molar-refractivity contribution is 8.01. The summed E-state index contributed by atoms with van der Waals surface area (Å²) < 4.78 is 40.2. The lowest BCUT2D eigenvalue weighted by Gasteiger charge is -2.12. The minimum atomic E-state index is -3.73. The van der Waals surface area contributed by atoms with Crippen LogP contribution in [0.15, 0.2) is 62.0 Å². The van der Waals surface area contributed by atoms with Gasteiger partial charge < -0.3 is 9.47 Å². The van der Waals surface area contributed by atoms with Crippen LogP contribution in [0.2, 0.25) is 0 Å². The molecule has 0 atom stereocenters. The van der Waals surface area contributed by atoms with Gasteiger partial charge in [0.15, 0.2) is 15.8 Å². The van der Waals surface area contributed by atoms with E-state index < -0.39 is 10.0 Å². The Kier molecular flexibility index (Phi) is 5.47. The van der Waals surface area contributed by atoms with Crippen LogP contribution < -0.4 is 14.2 Å². The van der Waals surface area contributed by atoms with Gasteiger partial charge in [-0.3, -0.25) is 4.72 Å². The number of thiazole rings is 1. The van der Waals surface area contributed by atoms with E-state index >= 15 is 0 Å². The maximum atomic E-state index is 12.7. The van der Waals surface area contributed by atoms with Crippen molar-refractivity contribution in [3.63, 3.8) is 0 Å². The second-order valence-electron chi connectivity index (χ2n) is 6.15. The Morgan fingerprint density at radius 2 is 1.82 bits per heavy atom. The second kappa shape index (κ2) is 8.02. The van der Waals surface area contributed by atoms with Gasteiger partial charge >= 0.3 is 0 Å². The lowest BCUT2D eigenvalue weighted by Crippen LogP contribution is -2.13. The van der Waals surface area contributed by atoms with Gasteiger partial charge in [-0.1, -0.05) is 11.8 Å². The first kappa shape index (κ1) is 19.1. The van der Waals surface area contributed by atoms with Crippen molar-refractivity contribution in [1.29, 1.82) is 0 Å². The zero-order valence-electron chi connectivity index (χ0n) is 15.0. The van der Waals surface area contributed by atoms with Gasteiger partial charge in [0, 0.05) is 34.1 Å². The van der Waals surface area contributed by atoms with Crippen LogP contribution in [0.4, 0.5) is 5.69 Å². The molecule has 0 unspecified atom stereocenters. The molecule has 146 valence electrons. The quantitative estimate of drug-likeness (QED) is 0.634. The van der Waals surface area contributed by atoms with Crippen LogP contribution in [0.1, 0.15) is 12.1 Å². The molecule has 0 aliphatic carbocycles. The molecule has 9 heteroatoms. The number of anilines is 1. The summed E-state index contributed by atoms with van der Waals surface area (Å²) in [6.07, 6.45) is 0.764. The molecule has 0 spiro atoms. The first-order valence-corrected chi connectivity index (χ1v) is 11.8. The van der Waals surface area contributed by atoms with Gasteiger partial charge in [0.1, 0.15) is 0 Å². The van der Waals surface area contributed by atoms with Crippen molar-refractivity contribution < 1.29 is 17.9 Å². The van der Waals surface area contributed by atoms with E-state index in [1.54, 1.807) is 41.3 Å². The predicted molar refractivity (Wildman–Crippen MR) is 110 cm³/mol. The summed E-state index contributed by atoms with van der Waals surface area (Å²) in [7, 11) is -3.73. The van der Waals surface area contributed by atoms with Gasteiger partial charge in [-0.25, -0.2) is 13.4 Å². The Morgan fingerprint density at radius 3 is 2.54 bits per heavy atom. The summed E-state index contributed by atoms with van der Waals surface area (Å²) in [4.78, 5) is 5.54. The number of sulfonamides is 1. The molecule has 1 aliphatic heterocycles. The van der Waals surface area contributed by atoms with Crippen LogP contribution >= 0.6 is 23.1 Å². The first-order valence-electron chi connectivity index (χ1n) is 8.62. The molecule has 1 N–H and O–H groups in total. The number of benzene rings is 2. The monoisotopic (exact) mass is 434 g/mol. The van der Waals surface area contributed by atoms with Gasteiger partial charge in [-0.15, -0.1) is 11.3 Å². The largest absolute Gasteiger partial charge is 0.490 e. The van der Waals surface area contributed by atoms with Gasteiger partial charge in [0.25, 0.3) is 10.0 Å². The average molecular weight is 435 g/mol. The molecule has 4 rings (SSSR count). The number of hydrogen-bond acceptors (Lipinski definition) is 7. The van der Waals surface area contributed by atoms with Crippen molar-refractivity contribution in [2.24, 2.45) is 0 Å². The van der Waals surface area contributed by atoms with Crippen molar-refractivity contribution >= 4 is 38.8 Å². The maximum Gasteiger partial charge on any atom is 0.262 e. The lowest BCUT2D eigenvalue weighted by atomic mass is 10.3. The number of nitrogens with one attached hydrogen (secondary N) is 1. The molecular formula is C19H18N2O4S3. The van der Waals surface area contributed by atoms with E-state index in [0.29, 0.717) is 30.4 Å². The molecule has 0 saturated heterocycles. The van der Waals surface area contributed by atoms with Gasteiger partial charge in [0.05, 0.1) is 18.1 Å². The molecule has 1 aromatic heterocycles. The van der Waals surface area contributed by atoms with Crippen molar-refractivity contribution in [1.82, 2.24) is 4.98 Å². The van der Waals surface area contributed by atoms with E-state index in [1.165, 1.54) is 12.1 Å². The van der Waals surface area contributed by atoms with E-state index in [1.807, 2.05) is 24.4 Å². The number of aromatic nitrogens is 1. The van der Waals surface area contributed by atoms with Crippen LogP contribution in [0, 0.1) is 6.92 Å². The molecule has 0 radical (unpaired) electrons. The van der Waals surface area contributed by atoms with Crippen molar-refractivity contribution in [3.8, 4) is 11.5 Å². The number of ether oxygens (including phenoxy) is 2. The lowest BCUT2D eigenvalue weighted by molar-refractivity contribution is 0.297. The minimum absolute atomic E-state index is 0.133. The fourth-order valence-corrected chi connectivity index (χ4v) is 5.48. The summed E-state index contributed by atoms with van der Waals surface area (Å²) in [6, 6.07) is 11.9. The smallest absolute Gasteiger partial charge is 0.262 e. The maximum absolute atomic E-state index is 12.7. The number of rotatable bonds is 5. The van der Waals surface area contributed by atoms with E-state index in [4.69, 9.17) is 9.47 Å². The van der Waals surface area contributed by atoms with Crippen LogP contribution in [-0.4, -0.2) is 26.6 Å². The summed E-state index contributed by atoms with van der Waals surface area (Å²) in [5, 5.41) is 2.00. The van der Waals surface area contributed by atoms with E-state index in [0.717, 1.165) is 21.3 Å². The third-order valence-corrected chi connectivity index (χ3v) is 7.38. The van der Waals surface area contributed by atoms with Crippen LogP contribution in [-0.2, 0) is 10.0 Å². The molecule has 2 heterocycles. The van der Waals surface area contributed by atoms with E-state index in [-0.39, 0.29) is 4.90 Å². The summed E-state index contributed by atoms with van der Waals surface area (Å²) in [5.41, 5.74) is 1.48. The standard InChI is InChI=1S/C19H18N2O4S3/c1-13-12-26-19(20-13)27-15-5-3-14(4-6-15)21-28(22,23)16-7-8-17-18(11-16)25-10-2-9-24-17/h3-8,11-12,21H,2,9-10H2,1H3. The van der Waals surface area contributed by atoms with Crippen LogP contribution in [0.25, 0.3) is 0 Å². The molecule has 0 fully saturated rings. The summed E-state index contributed by atoms with van der Waals surface area (Å²) >= 11 is 3.14. The molecule has 1 aliphatic rings. The van der Waals surface area contributed by atoms with E-state index in [2.05, 4.69) is 9.71 Å². The molecule has 0 bridgehead atoms. The molecule has 2 aromatic carbocycles. The minimum Gasteiger partial charge on any atom is -0.490 e. The predicted octanol–water partition coefficient (Wildman–Crippen LogP) is 4.56. The molecule has 0 amide bonds. The molecular weight excluding hydrogens is 416 g/mol. The third kappa shape index (κ3) is 4.43. The van der Waals surface area contributed by atoms with Crippen molar-refractivity contribution in [3.05, 3.63) is 53.5 Å². The Morgan fingerprint density at radius 1 is 1.07 bits per heavy atom. The Labute approximate surface area is 172 Å². The molecule has 0 saturated carbocycles. The van der Waals surface area contributed by atoms with Gasteiger partial charge in [0.2, 0.25) is 0 Å². The molecule has 3 aromatic rings. The Balaban J connectivity index is 1.49. The second-order valence-corrected chi connectivity index (χ2v) is 10.0. The Bertz CT molecular complexity index is 1080. The topological polar surface area (TPSA) is 77.5 Å². The van der Waals surface area contributed by atoms with E-state index in [9.17, 15) is 8.42 Å². The SMILES string of the molecule is Cc1csc(Sc2ccc(NS(=O)(=O)c3ccc4c(c3)OCCCO4)cc2)n1. The number of nitrogens with zero attached hydrogens (tertiary/aromatic N) is 1. The normalized spacial score (nSPS) is 13.8. The highest BCUT2D eigenvalue weighted by Gasteiger charge is 2.19. The fourth-order valence-electron chi connectivity index (χ4n) is 2.60. The fraction of sp³-hybridized carbons (Fsp3) is 0.211. The zero-order chi connectivity index (χ0) is 19.6. The number of hydrogen-bond donors (Lipinski definition) is 1. The van der Waals surface area contributed by atoms with Crippen molar-refractivity contribution in [2.45, 2.75) is 27.5 Å². The highest BCUT2D eigenvalue weighted by Crippen LogP contribution is 2.33. The molecule has 6 nitrogen and oxygen atoms in total.